The van der Waals surface area contributed by atoms with Crippen molar-refractivity contribution in [1.82, 2.24) is 10.6 Å². The van der Waals surface area contributed by atoms with E-state index in [1.807, 2.05) is 6.92 Å². The number of furan rings is 1. The smallest absolute Gasteiger partial charge is 0.338 e. The molecule has 0 fully saturated rings. The quantitative estimate of drug-likeness (QED) is 0.465. The summed E-state index contributed by atoms with van der Waals surface area (Å²) in [5.74, 6) is 0.714. The van der Waals surface area contributed by atoms with E-state index in [0.717, 1.165) is 12.1 Å². The molecule has 0 unspecified atom stereocenters. The first-order valence-electron chi connectivity index (χ1n) is 8.97. The van der Waals surface area contributed by atoms with Crippen molar-refractivity contribution in [3.05, 3.63) is 57.4 Å². The molecule has 0 radical (unpaired) electrons. The van der Waals surface area contributed by atoms with E-state index in [-0.39, 0.29) is 6.61 Å². The maximum absolute atomic E-state index is 12.7. The van der Waals surface area contributed by atoms with Crippen molar-refractivity contribution in [3.63, 3.8) is 0 Å². The van der Waals surface area contributed by atoms with Crippen LogP contribution in [0.5, 0.6) is 0 Å². The van der Waals surface area contributed by atoms with E-state index in [1.54, 1.807) is 37.3 Å². The van der Waals surface area contributed by atoms with Gasteiger partial charge in [0.2, 0.25) is 0 Å². The van der Waals surface area contributed by atoms with Crippen LogP contribution in [-0.2, 0) is 9.53 Å². The van der Waals surface area contributed by atoms with Gasteiger partial charge in [0.25, 0.3) is 0 Å². The zero-order valence-corrected chi connectivity index (χ0v) is 17.8. The highest BCUT2D eigenvalue weighted by atomic mass is 35.5. The van der Waals surface area contributed by atoms with Gasteiger partial charge in [-0.15, -0.1) is 0 Å². The molecule has 2 heterocycles. The van der Waals surface area contributed by atoms with Gasteiger partial charge in [0, 0.05) is 16.3 Å². The van der Waals surface area contributed by atoms with E-state index in [4.69, 9.17) is 44.6 Å². The highest BCUT2D eigenvalue weighted by Crippen LogP contribution is 2.36. The highest BCUT2D eigenvalue weighted by molar-refractivity contribution is 7.80. The second-order valence-corrected chi connectivity index (χ2v) is 7.47. The van der Waals surface area contributed by atoms with Crippen molar-refractivity contribution < 1.29 is 13.9 Å². The van der Waals surface area contributed by atoms with Crippen molar-refractivity contribution in [2.24, 2.45) is 0 Å². The molecule has 2 N–H and O–H groups in total. The van der Waals surface area contributed by atoms with Crippen molar-refractivity contribution in [1.29, 1.82) is 0 Å². The average molecular weight is 439 g/mol. The summed E-state index contributed by atoms with van der Waals surface area (Å²) in [7, 11) is 0. The molecule has 1 aliphatic heterocycles. The van der Waals surface area contributed by atoms with Gasteiger partial charge < -0.3 is 19.8 Å². The van der Waals surface area contributed by atoms with Gasteiger partial charge in [-0.3, -0.25) is 0 Å². The van der Waals surface area contributed by atoms with Crippen LogP contribution in [0.25, 0.3) is 11.3 Å². The second-order valence-electron chi connectivity index (χ2n) is 6.22. The van der Waals surface area contributed by atoms with Crippen LogP contribution in [0, 0.1) is 0 Å². The van der Waals surface area contributed by atoms with Crippen LogP contribution in [0.1, 0.15) is 38.5 Å². The van der Waals surface area contributed by atoms with Crippen molar-refractivity contribution >= 4 is 46.5 Å². The largest absolute Gasteiger partial charge is 0.463 e. The number of carbonyl (C=O) groups is 1. The van der Waals surface area contributed by atoms with Gasteiger partial charge in [-0.25, -0.2) is 4.79 Å². The first-order chi connectivity index (χ1) is 13.4. The van der Waals surface area contributed by atoms with E-state index in [2.05, 4.69) is 10.6 Å². The fourth-order valence-electron chi connectivity index (χ4n) is 3.07. The minimum atomic E-state index is -0.547. The summed E-state index contributed by atoms with van der Waals surface area (Å²) in [5.41, 5.74) is 1.93. The van der Waals surface area contributed by atoms with Crippen molar-refractivity contribution in [3.8, 4) is 11.3 Å². The molecule has 3 rings (SSSR count). The molecule has 1 aromatic heterocycles. The Balaban J connectivity index is 2.02. The van der Waals surface area contributed by atoms with Crippen LogP contribution < -0.4 is 10.6 Å². The third kappa shape index (κ3) is 4.35. The molecular formula is C20H20Cl2N2O3S. The Kier molecular flexibility index (Phi) is 6.65. The predicted octanol–water partition coefficient (Wildman–Crippen LogP) is 5.39. The summed E-state index contributed by atoms with van der Waals surface area (Å²) in [6.45, 7) is 4.09. The average Bonchev–Trinajstić information content (AvgIpc) is 3.11. The molecule has 148 valence electrons. The number of rotatable bonds is 6. The molecule has 0 saturated carbocycles. The van der Waals surface area contributed by atoms with Crippen LogP contribution in [0.4, 0.5) is 0 Å². The van der Waals surface area contributed by atoms with Gasteiger partial charge in [0.15, 0.2) is 5.11 Å². The first kappa shape index (κ1) is 20.7. The van der Waals surface area contributed by atoms with Gasteiger partial charge >= 0.3 is 5.97 Å². The molecule has 2 aromatic rings. The number of esters is 1. The summed E-state index contributed by atoms with van der Waals surface area (Å²) < 4.78 is 11.3. The summed E-state index contributed by atoms with van der Waals surface area (Å²) in [5, 5.41) is 7.65. The van der Waals surface area contributed by atoms with Crippen LogP contribution in [0.15, 0.2) is 46.0 Å². The predicted molar refractivity (Wildman–Crippen MR) is 114 cm³/mol. The van der Waals surface area contributed by atoms with Gasteiger partial charge in [-0.2, -0.15) is 0 Å². The third-order valence-electron chi connectivity index (χ3n) is 4.26. The molecule has 0 spiro atoms. The molecule has 0 aliphatic carbocycles. The maximum atomic E-state index is 12.7. The fourth-order valence-corrected chi connectivity index (χ4v) is 3.81. The van der Waals surface area contributed by atoms with Gasteiger partial charge in [0.05, 0.1) is 17.2 Å². The number of halogens is 2. The van der Waals surface area contributed by atoms with Crippen LogP contribution in [0.3, 0.4) is 0 Å². The molecule has 28 heavy (non-hydrogen) atoms. The fraction of sp³-hybridized carbons (Fsp3) is 0.300. The Morgan fingerprint density at radius 3 is 2.71 bits per heavy atom. The number of thiocarbonyl (C=S) groups is 1. The lowest BCUT2D eigenvalue weighted by Crippen LogP contribution is -2.45. The van der Waals surface area contributed by atoms with E-state index in [1.165, 1.54) is 0 Å². The van der Waals surface area contributed by atoms with E-state index < -0.39 is 12.0 Å². The Morgan fingerprint density at radius 1 is 1.25 bits per heavy atom. The summed E-state index contributed by atoms with van der Waals surface area (Å²) >= 11 is 17.6. The van der Waals surface area contributed by atoms with Crippen molar-refractivity contribution in [2.45, 2.75) is 32.7 Å². The normalized spacial score (nSPS) is 16.6. The monoisotopic (exact) mass is 438 g/mol. The number of allylic oxidation sites excluding steroid dienone is 1. The van der Waals surface area contributed by atoms with Crippen LogP contribution >= 0.6 is 35.4 Å². The molecule has 8 heteroatoms. The molecule has 1 aliphatic rings. The number of carbonyl (C=O) groups excluding carboxylic acids is 1. The summed E-state index contributed by atoms with van der Waals surface area (Å²) in [4.78, 5) is 12.7. The first-order valence-corrected chi connectivity index (χ1v) is 10.1. The molecular weight excluding hydrogens is 419 g/mol. The summed E-state index contributed by atoms with van der Waals surface area (Å²) in [6.07, 6.45) is 1.52. The van der Waals surface area contributed by atoms with Crippen LogP contribution in [-0.4, -0.2) is 17.7 Å². The number of hydrogen-bond acceptors (Lipinski definition) is 4. The van der Waals surface area contributed by atoms with E-state index in [0.29, 0.717) is 44.2 Å². The van der Waals surface area contributed by atoms with Gasteiger partial charge in [-0.05, 0) is 55.9 Å². The minimum Gasteiger partial charge on any atom is -0.463 e. The summed E-state index contributed by atoms with van der Waals surface area (Å²) in [6, 6.07) is 8.25. The third-order valence-corrected chi connectivity index (χ3v) is 5.02. The van der Waals surface area contributed by atoms with Gasteiger partial charge in [0.1, 0.15) is 17.6 Å². The molecule has 5 nitrogen and oxygen atoms in total. The zero-order chi connectivity index (χ0) is 20.3. The minimum absolute atomic E-state index is 0.280. The number of benzene rings is 1. The number of nitrogens with one attached hydrogen (secondary N) is 2. The Labute approximate surface area is 179 Å². The topological polar surface area (TPSA) is 63.5 Å². The molecule has 0 amide bonds. The molecule has 1 aromatic carbocycles. The number of hydrogen-bond donors (Lipinski definition) is 2. The van der Waals surface area contributed by atoms with Gasteiger partial charge in [-0.1, -0.05) is 36.5 Å². The Hall–Kier alpha value is -2.02. The lowest BCUT2D eigenvalue weighted by molar-refractivity contribution is -0.139. The Bertz CT molecular complexity index is 939. The SMILES string of the molecule is CCCC1=C(C(=O)OCC)[C@H](c2ccc(-c3ccc(Cl)cc3Cl)o2)NC(=S)N1. The molecule has 1 atom stereocenters. The lowest BCUT2D eigenvalue weighted by Gasteiger charge is -2.29. The zero-order valence-electron chi connectivity index (χ0n) is 15.5. The number of ether oxygens (including phenoxy) is 1. The Morgan fingerprint density at radius 2 is 2.04 bits per heavy atom. The second kappa shape index (κ2) is 8.99. The lowest BCUT2D eigenvalue weighted by atomic mass is 9.98. The molecule has 0 bridgehead atoms. The highest BCUT2D eigenvalue weighted by Gasteiger charge is 2.34. The maximum Gasteiger partial charge on any atom is 0.338 e. The standard InChI is InChI=1S/C20H20Cl2N2O3S/c1-3-5-14-17(19(25)26-4-2)18(24-20(28)23-14)16-9-8-15(27-16)12-7-6-11(21)10-13(12)22/h6-10,18H,3-5H2,1-2H3,(H2,23,24,28)/t18-/m0/s1. The molecule has 0 saturated heterocycles. The van der Waals surface area contributed by atoms with Crippen LogP contribution in [0.2, 0.25) is 10.0 Å². The van der Waals surface area contributed by atoms with Crippen molar-refractivity contribution in [2.75, 3.05) is 6.61 Å². The van der Waals surface area contributed by atoms with E-state index >= 15 is 0 Å². The van der Waals surface area contributed by atoms with E-state index in [9.17, 15) is 4.79 Å².